The largest absolute Gasteiger partial charge is 0.243 e. The molecule has 0 fully saturated rings. The molecule has 2 N–H and O–H groups in total. The number of hydrogen-bond donors (Lipinski definition) is 2. The van der Waals surface area contributed by atoms with Crippen molar-refractivity contribution in [1.82, 2.24) is 45.6 Å². The minimum Gasteiger partial charge on any atom is -0.239 e. The van der Waals surface area contributed by atoms with Crippen LogP contribution in [0.4, 0.5) is 0 Å². The molecule has 0 aliphatic heterocycles. The molecule has 0 atom stereocenters. The quantitative estimate of drug-likeness (QED) is 0.325. The van der Waals surface area contributed by atoms with E-state index in [9.17, 15) is 8.42 Å². The van der Waals surface area contributed by atoms with Crippen LogP contribution in [-0.4, -0.2) is 54.0 Å². The predicted octanol–water partition coefficient (Wildman–Crippen LogP) is 3.09. The molecule has 3 aromatic carbocycles. The van der Waals surface area contributed by atoms with E-state index in [-0.39, 0.29) is 18.0 Å². The number of benzene rings is 3. The lowest BCUT2D eigenvalue weighted by atomic mass is 10.1. The van der Waals surface area contributed by atoms with Crippen LogP contribution < -0.4 is 0 Å². The Morgan fingerprint density at radius 1 is 0.686 bits per heavy atom. The van der Waals surface area contributed by atoms with Crippen LogP contribution in [0.2, 0.25) is 5.02 Å². The van der Waals surface area contributed by atoms with Crippen LogP contribution in [-0.2, 0) is 23.1 Å². The van der Waals surface area contributed by atoms with Gasteiger partial charge in [0.1, 0.15) is 0 Å². The Morgan fingerprint density at radius 3 is 1.54 bits per heavy atom. The third kappa shape index (κ3) is 5.09. The van der Waals surface area contributed by atoms with E-state index >= 15 is 0 Å². The zero-order valence-electron chi connectivity index (χ0n) is 18.1. The minimum absolute atomic E-state index is 0.160. The number of aromatic nitrogens is 8. The van der Waals surface area contributed by atoms with Crippen molar-refractivity contribution in [3.05, 3.63) is 88.9 Å². The van der Waals surface area contributed by atoms with Gasteiger partial charge in [-0.05, 0) is 56.2 Å². The summed E-state index contributed by atoms with van der Waals surface area (Å²) in [6.45, 7) is 0.321. The first-order valence-electron chi connectivity index (χ1n) is 10.4. The zero-order valence-corrected chi connectivity index (χ0v) is 19.6. The number of sulfonamides is 1. The highest BCUT2D eigenvalue weighted by molar-refractivity contribution is 7.89. The average molecular weight is 508 g/mol. The Labute approximate surface area is 205 Å². The summed E-state index contributed by atoms with van der Waals surface area (Å²) in [4.78, 5) is 0.163. The summed E-state index contributed by atoms with van der Waals surface area (Å²) < 4.78 is 28.6. The predicted molar refractivity (Wildman–Crippen MR) is 127 cm³/mol. The molecule has 5 rings (SSSR count). The molecular formula is C22H18ClN9O2S. The van der Waals surface area contributed by atoms with Crippen molar-refractivity contribution in [2.45, 2.75) is 18.0 Å². The molecule has 0 spiro atoms. The van der Waals surface area contributed by atoms with Gasteiger partial charge in [0.2, 0.25) is 10.0 Å². The molecule has 0 amide bonds. The van der Waals surface area contributed by atoms with E-state index in [1.807, 2.05) is 48.5 Å². The number of halogens is 1. The molecule has 0 bridgehead atoms. The lowest BCUT2D eigenvalue weighted by Crippen LogP contribution is -2.30. The third-order valence-corrected chi connectivity index (χ3v) is 7.37. The fourth-order valence-corrected chi connectivity index (χ4v) is 5.03. The van der Waals surface area contributed by atoms with Gasteiger partial charge in [-0.1, -0.05) is 60.1 Å². The molecule has 176 valence electrons. The Kier molecular flexibility index (Phi) is 6.31. The fourth-order valence-electron chi connectivity index (χ4n) is 3.49. The van der Waals surface area contributed by atoms with Crippen molar-refractivity contribution in [1.29, 1.82) is 0 Å². The maximum Gasteiger partial charge on any atom is 0.243 e. The summed E-state index contributed by atoms with van der Waals surface area (Å²) in [5.74, 6) is 1.06. The van der Waals surface area contributed by atoms with E-state index in [0.29, 0.717) is 16.7 Å². The van der Waals surface area contributed by atoms with Crippen LogP contribution in [0.1, 0.15) is 11.1 Å². The number of nitrogens with one attached hydrogen (secondary N) is 2. The molecular weight excluding hydrogens is 490 g/mol. The molecule has 13 heteroatoms. The van der Waals surface area contributed by atoms with Gasteiger partial charge in [0.25, 0.3) is 0 Å². The zero-order chi connectivity index (χ0) is 24.3. The van der Waals surface area contributed by atoms with E-state index in [1.54, 1.807) is 12.1 Å². The van der Waals surface area contributed by atoms with Crippen LogP contribution in [0.25, 0.3) is 22.8 Å². The summed E-state index contributed by atoms with van der Waals surface area (Å²) >= 11 is 5.97. The number of aromatic amines is 2. The molecule has 0 aliphatic rings. The normalized spacial score (nSPS) is 11.7. The second-order valence-electron chi connectivity index (χ2n) is 7.62. The molecule has 2 aromatic heterocycles. The van der Waals surface area contributed by atoms with Gasteiger partial charge in [-0.3, -0.25) is 0 Å². The van der Waals surface area contributed by atoms with Crippen LogP contribution in [0.5, 0.6) is 0 Å². The minimum atomic E-state index is -3.82. The van der Waals surface area contributed by atoms with Crippen LogP contribution in [0.15, 0.2) is 77.7 Å². The Morgan fingerprint density at radius 2 is 1.14 bits per heavy atom. The second-order valence-corrected chi connectivity index (χ2v) is 9.99. The molecule has 0 aliphatic carbocycles. The molecule has 0 unspecified atom stereocenters. The molecule has 35 heavy (non-hydrogen) atoms. The molecule has 11 nitrogen and oxygen atoms in total. The van der Waals surface area contributed by atoms with Gasteiger partial charge in [-0.2, -0.15) is 4.31 Å². The number of H-pyrrole nitrogens is 2. The second kappa shape index (κ2) is 9.70. The summed E-state index contributed by atoms with van der Waals surface area (Å²) in [5, 5.41) is 28.0. The highest BCUT2D eigenvalue weighted by atomic mass is 35.5. The Hall–Kier alpha value is -4.00. The van der Waals surface area contributed by atoms with Crippen molar-refractivity contribution in [3.63, 3.8) is 0 Å². The summed E-state index contributed by atoms with van der Waals surface area (Å²) in [6.07, 6.45) is 0. The van der Waals surface area contributed by atoms with Gasteiger partial charge < -0.3 is 0 Å². The first-order chi connectivity index (χ1) is 17.0. The van der Waals surface area contributed by atoms with Gasteiger partial charge in [0, 0.05) is 29.2 Å². The SMILES string of the molecule is O=S(=O)(c1ccc(Cl)cc1)N(Cc1ccc(-c2nnn[nH]2)cc1)Cc1ccc(-c2nnn[nH]2)cc1. The molecule has 0 saturated carbocycles. The maximum absolute atomic E-state index is 13.6. The highest BCUT2D eigenvalue weighted by Gasteiger charge is 2.25. The standard InChI is InChI=1S/C22H18ClN9O2S/c23-19-9-11-20(12-10-19)35(33,34)32(13-15-1-5-17(6-2-15)21-24-28-29-25-21)14-16-3-7-18(8-4-16)22-26-30-31-27-22/h1-12H,13-14H2,(H,24,25,28,29)(H,26,27,30,31). The van der Waals surface area contributed by atoms with Gasteiger partial charge in [0.15, 0.2) is 11.6 Å². The number of tetrazole rings is 2. The van der Waals surface area contributed by atoms with Crippen LogP contribution >= 0.6 is 11.6 Å². The first-order valence-corrected chi connectivity index (χ1v) is 12.2. The number of hydrogen-bond acceptors (Lipinski definition) is 8. The monoisotopic (exact) mass is 507 g/mol. The average Bonchev–Trinajstić information content (AvgIpc) is 3.60. The van der Waals surface area contributed by atoms with Crippen molar-refractivity contribution in [2.24, 2.45) is 0 Å². The maximum atomic E-state index is 13.6. The topological polar surface area (TPSA) is 146 Å². The number of rotatable bonds is 8. The van der Waals surface area contributed by atoms with Crippen molar-refractivity contribution in [2.75, 3.05) is 0 Å². The molecule has 0 saturated heterocycles. The molecule has 5 aromatic rings. The van der Waals surface area contributed by atoms with E-state index in [4.69, 9.17) is 11.6 Å². The van der Waals surface area contributed by atoms with E-state index < -0.39 is 10.0 Å². The van der Waals surface area contributed by atoms with Crippen LogP contribution in [0.3, 0.4) is 0 Å². The molecule has 0 radical (unpaired) electrons. The lowest BCUT2D eigenvalue weighted by Gasteiger charge is -2.23. The van der Waals surface area contributed by atoms with E-state index in [0.717, 1.165) is 22.3 Å². The number of nitrogens with zero attached hydrogens (tertiary/aromatic N) is 7. The van der Waals surface area contributed by atoms with Gasteiger partial charge in [0.05, 0.1) is 4.90 Å². The van der Waals surface area contributed by atoms with Gasteiger partial charge in [-0.25, -0.2) is 18.6 Å². The van der Waals surface area contributed by atoms with E-state index in [1.165, 1.54) is 16.4 Å². The summed E-state index contributed by atoms with van der Waals surface area (Å²) in [7, 11) is -3.82. The Balaban J connectivity index is 1.43. The summed E-state index contributed by atoms with van der Waals surface area (Å²) in [6, 6.07) is 20.9. The van der Waals surface area contributed by atoms with Gasteiger partial charge in [-0.15, -0.1) is 10.2 Å². The highest BCUT2D eigenvalue weighted by Crippen LogP contribution is 2.24. The summed E-state index contributed by atoms with van der Waals surface area (Å²) in [5.41, 5.74) is 3.21. The lowest BCUT2D eigenvalue weighted by molar-refractivity contribution is 0.401. The molecule has 2 heterocycles. The van der Waals surface area contributed by atoms with Gasteiger partial charge >= 0.3 is 0 Å². The fraction of sp³-hybridized carbons (Fsp3) is 0.0909. The van der Waals surface area contributed by atoms with Crippen molar-refractivity contribution < 1.29 is 8.42 Å². The van der Waals surface area contributed by atoms with Crippen molar-refractivity contribution in [3.8, 4) is 22.8 Å². The smallest absolute Gasteiger partial charge is 0.239 e. The van der Waals surface area contributed by atoms with Crippen molar-refractivity contribution >= 4 is 21.6 Å². The Bertz CT molecular complexity index is 1410. The third-order valence-electron chi connectivity index (χ3n) is 5.31. The van der Waals surface area contributed by atoms with E-state index in [2.05, 4.69) is 41.2 Å². The van der Waals surface area contributed by atoms with Crippen LogP contribution in [0, 0.1) is 0 Å². The first kappa shape index (κ1) is 22.8.